The minimum atomic E-state index is -0.852. The van der Waals surface area contributed by atoms with Crippen molar-refractivity contribution in [2.45, 2.75) is 13.8 Å². The van der Waals surface area contributed by atoms with E-state index in [0.717, 1.165) is 0 Å². The van der Waals surface area contributed by atoms with Crippen LogP contribution in [-0.4, -0.2) is 55.0 Å². The van der Waals surface area contributed by atoms with Gasteiger partial charge in [-0.15, -0.1) is 0 Å². The molecule has 20 heavy (non-hydrogen) atoms. The molecule has 3 N–H and O–H groups in total. The molecule has 0 aromatic heterocycles. The van der Waals surface area contributed by atoms with Crippen LogP contribution >= 0.6 is 0 Å². The molecule has 1 heterocycles. The fourth-order valence-electron chi connectivity index (χ4n) is 1.74. The monoisotopic (exact) mass is 286 g/mol. The molecule has 1 fully saturated rings. The number of likely N-dealkylation sites (tertiary alicyclic amines) is 1. The molecule has 1 rings (SSSR count). The van der Waals surface area contributed by atoms with Gasteiger partial charge in [-0.2, -0.15) is 5.10 Å². The molecule has 0 saturated carbocycles. The lowest BCUT2D eigenvalue weighted by Gasteiger charge is -2.14. The molecular weight excluding hydrogens is 268 g/mol. The van der Waals surface area contributed by atoms with Gasteiger partial charge < -0.3 is 20.1 Å². The van der Waals surface area contributed by atoms with Gasteiger partial charge in [-0.3, -0.25) is 4.79 Å². The summed E-state index contributed by atoms with van der Waals surface area (Å²) in [6, 6.07) is -0.852. The fourth-order valence-corrected chi connectivity index (χ4v) is 1.74. The number of nitrogens with zero attached hydrogens (tertiary/aromatic N) is 2. The van der Waals surface area contributed by atoms with Crippen LogP contribution < -0.4 is 11.2 Å². The van der Waals surface area contributed by atoms with E-state index in [9.17, 15) is 14.4 Å². The van der Waals surface area contributed by atoms with E-state index in [0.29, 0.717) is 5.71 Å². The van der Waals surface area contributed by atoms with Crippen LogP contribution in [0.25, 0.3) is 0 Å². The molecule has 0 spiro atoms. The van der Waals surface area contributed by atoms with E-state index in [-0.39, 0.29) is 26.3 Å². The Hall–Kier alpha value is -2.32. The van der Waals surface area contributed by atoms with Crippen LogP contribution in [0, 0.1) is 5.92 Å². The number of nitrogens with two attached hydrogens (primary N) is 1. The summed E-state index contributed by atoms with van der Waals surface area (Å²) in [7, 11) is 0. The van der Waals surface area contributed by atoms with Crippen LogP contribution in [0.3, 0.4) is 0 Å². The Morgan fingerprint density at radius 2 is 2.00 bits per heavy atom. The van der Waals surface area contributed by atoms with Gasteiger partial charge in [-0.25, -0.2) is 15.0 Å². The van der Waals surface area contributed by atoms with E-state index in [2.05, 4.69) is 5.10 Å². The van der Waals surface area contributed by atoms with Crippen molar-refractivity contribution >= 4 is 23.8 Å². The standard InChI is InChI=1S/C11H18N4O5/c1-3-19-9(16)7-5-15(11(18)20-4-2)6-8(7)13-14-10(12)17/h7H,3-6H2,1-2H3,(H3,12,14,17)/b13-8-/t7-/m0/s1. The number of esters is 1. The fraction of sp³-hybridized carbons (Fsp3) is 0.636. The van der Waals surface area contributed by atoms with Crippen LogP contribution in [0.15, 0.2) is 5.10 Å². The van der Waals surface area contributed by atoms with E-state index in [4.69, 9.17) is 15.2 Å². The zero-order chi connectivity index (χ0) is 15.1. The average Bonchev–Trinajstić information content (AvgIpc) is 2.81. The summed E-state index contributed by atoms with van der Waals surface area (Å²) in [5.41, 5.74) is 7.26. The van der Waals surface area contributed by atoms with Gasteiger partial charge in [-0.05, 0) is 13.8 Å². The molecule has 0 aromatic rings. The van der Waals surface area contributed by atoms with Gasteiger partial charge in [0.1, 0.15) is 5.92 Å². The number of urea groups is 1. The number of nitrogens with one attached hydrogen (secondary N) is 1. The van der Waals surface area contributed by atoms with Crippen molar-refractivity contribution in [3.63, 3.8) is 0 Å². The third kappa shape index (κ3) is 4.11. The Balaban J connectivity index is 2.82. The van der Waals surface area contributed by atoms with Gasteiger partial charge in [0.25, 0.3) is 0 Å². The molecule has 1 aliphatic rings. The smallest absolute Gasteiger partial charge is 0.410 e. The van der Waals surface area contributed by atoms with Gasteiger partial charge in [0.15, 0.2) is 0 Å². The van der Waals surface area contributed by atoms with Gasteiger partial charge >= 0.3 is 18.1 Å². The van der Waals surface area contributed by atoms with Gasteiger partial charge in [0, 0.05) is 6.54 Å². The first-order chi connectivity index (χ1) is 9.49. The second-order valence-electron chi connectivity index (χ2n) is 3.96. The molecule has 0 aromatic carbocycles. The molecular formula is C11H18N4O5. The number of carbonyl (C=O) groups is 3. The minimum Gasteiger partial charge on any atom is -0.465 e. The topological polar surface area (TPSA) is 123 Å². The Morgan fingerprint density at radius 3 is 2.55 bits per heavy atom. The number of carbonyl (C=O) groups excluding carboxylic acids is 3. The van der Waals surface area contributed by atoms with E-state index in [1.165, 1.54) is 4.90 Å². The van der Waals surface area contributed by atoms with Crippen LogP contribution in [0.5, 0.6) is 0 Å². The second kappa shape index (κ2) is 7.31. The highest BCUT2D eigenvalue weighted by atomic mass is 16.6. The second-order valence-corrected chi connectivity index (χ2v) is 3.96. The highest BCUT2D eigenvalue weighted by Gasteiger charge is 2.38. The Kier molecular flexibility index (Phi) is 5.75. The third-order valence-corrected chi connectivity index (χ3v) is 2.56. The van der Waals surface area contributed by atoms with Gasteiger partial charge in [-0.1, -0.05) is 0 Å². The zero-order valence-electron chi connectivity index (χ0n) is 11.4. The first-order valence-corrected chi connectivity index (χ1v) is 6.19. The van der Waals surface area contributed by atoms with Crippen molar-refractivity contribution in [2.24, 2.45) is 16.8 Å². The molecule has 0 unspecified atom stereocenters. The number of hydrogen-bond donors (Lipinski definition) is 2. The van der Waals surface area contributed by atoms with E-state index in [1.54, 1.807) is 13.8 Å². The van der Waals surface area contributed by atoms with Crippen LogP contribution in [0.1, 0.15) is 13.8 Å². The molecule has 0 radical (unpaired) electrons. The van der Waals surface area contributed by atoms with Crippen molar-refractivity contribution in [3.05, 3.63) is 0 Å². The van der Waals surface area contributed by atoms with Gasteiger partial charge in [0.05, 0.1) is 25.5 Å². The van der Waals surface area contributed by atoms with Crippen LogP contribution in [-0.2, 0) is 14.3 Å². The molecule has 1 atom stereocenters. The number of hydrogen-bond acceptors (Lipinski definition) is 6. The van der Waals surface area contributed by atoms with E-state index in [1.807, 2.05) is 5.43 Å². The first kappa shape index (κ1) is 15.7. The van der Waals surface area contributed by atoms with Crippen molar-refractivity contribution in [2.75, 3.05) is 26.3 Å². The highest BCUT2D eigenvalue weighted by Crippen LogP contribution is 2.16. The van der Waals surface area contributed by atoms with E-state index >= 15 is 0 Å². The molecule has 1 saturated heterocycles. The molecule has 1 aliphatic heterocycles. The molecule has 9 nitrogen and oxygen atoms in total. The number of ether oxygens (including phenoxy) is 2. The molecule has 112 valence electrons. The quantitative estimate of drug-likeness (QED) is 0.540. The number of hydrazone groups is 1. The largest absolute Gasteiger partial charge is 0.465 e. The van der Waals surface area contributed by atoms with Crippen LogP contribution in [0.2, 0.25) is 0 Å². The first-order valence-electron chi connectivity index (χ1n) is 6.19. The lowest BCUT2D eigenvalue weighted by Crippen LogP contribution is -2.30. The Bertz CT molecular complexity index is 423. The molecule has 0 bridgehead atoms. The maximum Gasteiger partial charge on any atom is 0.410 e. The number of amides is 3. The molecule has 9 heteroatoms. The third-order valence-electron chi connectivity index (χ3n) is 2.56. The summed E-state index contributed by atoms with van der Waals surface area (Å²) in [5, 5.41) is 3.74. The van der Waals surface area contributed by atoms with Crippen LogP contribution in [0.4, 0.5) is 9.59 Å². The summed E-state index contributed by atoms with van der Waals surface area (Å²) >= 11 is 0. The number of primary amides is 1. The summed E-state index contributed by atoms with van der Waals surface area (Å²) in [5.74, 6) is -1.24. The predicted octanol–water partition coefficient (Wildman–Crippen LogP) is -0.338. The number of rotatable bonds is 4. The summed E-state index contributed by atoms with van der Waals surface area (Å²) in [6.07, 6.45) is -0.550. The van der Waals surface area contributed by atoms with Crippen molar-refractivity contribution in [3.8, 4) is 0 Å². The zero-order valence-corrected chi connectivity index (χ0v) is 11.4. The molecule has 0 aliphatic carbocycles. The highest BCUT2D eigenvalue weighted by molar-refractivity contribution is 6.06. The molecule has 3 amide bonds. The van der Waals surface area contributed by atoms with Crippen molar-refractivity contribution < 1.29 is 23.9 Å². The maximum absolute atomic E-state index is 11.8. The lowest BCUT2D eigenvalue weighted by molar-refractivity contribution is -0.145. The van der Waals surface area contributed by atoms with Crippen molar-refractivity contribution in [1.82, 2.24) is 10.3 Å². The average molecular weight is 286 g/mol. The Labute approximate surface area is 116 Å². The minimum absolute atomic E-state index is 0.0720. The SMILES string of the molecule is CCOC(=O)[C@H]1CN(C(=O)OCC)C/C1=N/NC(N)=O. The predicted molar refractivity (Wildman–Crippen MR) is 68.9 cm³/mol. The van der Waals surface area contributed by atoms with Gasteiger partial charge in [0.2, 0.25) is 0 Å². The summed E-state index contributed by atoms with van der Waals surface area (Å²) < 4.78 is 9.76. The summed E-state index contributed by atoms with van der Waals surface area (Å²) in [6.45, 7) is 3.96. The lowest BCUT2D eigenvalue weighted by atomic mass is 10.1. The summed E-state index contributed by atoms with van der Waals surface area (Å²) in [4.78, 5) is 35.4. The van der Waals surface area contributed by atoms with E-state index < -0.39 is 24.0 Å². The Morgan fingerprint density at radius 1 is 1.35 bits per heavy atom. The normalized spacial score (nSPS) is 19.8. The maximum atomic E-state index is 11.8. The van der Waals surface area contributed by atoms with Crippen molar-refractivity contribution in [1.29, 1.82) is 0 Å².